The molecule has 0 saturated carbocycles. The van der Waals surface area contributed by atoms with Crippen LogP contribution in [0.4, 0.5) is 11.4 Å². The molecule has 1 unspecified atom stereocenters. The van der Waals surface area contributed by atoms with Gasteiger partial charge in [0.25, 0.3) is 5.91 Å². The number of carbonyl (C=O) groups excluding carboxylic acids is 1. The fourth-order valence-electron chi connectivity index (χ4n) is 2.40. The Morgan fingerprint density at radius 3 is 2.70 bits per heavy atom. The van der Waals surface area contributed by atoms with E-state index in [2.05, 4.69) is 24.1 Å². The Hall–Kier alpha value is -2.36. The van der Waals surface area contributed by atoms with Gasteiger partial charge >= 0.3 is 0 Å². The maximum Gasteiger partial charge on any atom is 0.276 e. The first-order valence-electron chi connectivity index (χ1n) is 8.16. The van der Waals surface area contributed by atoms with Crippen molar-refractivity contribution in [2.75, 3.05) is 16.8 Å². The number of rotatable bonds is 6. The Morgan fingerprint density at radius 2 is 2.04 bits per heavy atom. The van der Waals surface area contributed by atoms with Crippen LogP contribution in [0.25, 0.3) is 0 Å². The van der Waals surface area contributed by atoms with Crippen molar-refractivity contribution in [3.63, 3.8) is 0 Å². The van der Waals surface area contributed by atoms with E-state index in [-0.39, 0.29) is 5.91 Å². The summed E-state index contributed by atoms with van der Waals surface area (Å²) in [7, 11) is 0. The highest BCUT2D eigenvalue weighted by atomic mass is 16.2. The highest BCUT2D eigenvalue weighted by molar-refractivity contribution is 6.05. The molecule has 0 aliphatic heterocycles. The first-order chi connectivity index (χ1) is 11.0. The molecule has 0 saturated heterocycles. The molecule has 1 N–H and O–H groups in total. The van der Waals surface area contributed by atoms with E-state index in [1.807, 2.05) is 50.2 Å². The average molecular weight is 311 g/mol. The van der Waals surface area contributed by atoms with E-state index in [1.165, 1.54) is 0 Å². The molecule has 1 atom stereocenters. The Balaban J connectivity index is 2.26. The number of nitrogens with one attached hydrogen (secondary N) is 1. The highest BCUT2D eigenvalue weighted by Gasteiger charge is 2.18. The molecule has 122 valence electrons. The molecule has 1 aromatic carbocycles. The molecule has 0 aliphatic rings. The van der Waals surface area contributed by atoms with Gasteiger partial charge in [-0.25, -0.2) is 0 Å². The number of hydrogen-bond donors (Lipinski definition) is 1. The minimum Gasteiger partial charge on any atom is -0.382 e. The quantitative estimate of drug-likeness (QED) is 0.866. The van der Waals surface area contributed by atoms with E-state index in [9.17, 15) is 4.79 Å². The van der Waals surface area contributed by atoms with Crippen LogP contribution in [-0.2, 0) is 0 Å². The number of benzene rings is 1. The number of amides is 1. The first-order valence-corrected chi connectivity index (χ1v) is 8.16. The number of carbonyl (C=O) groups is 1. The fraction of sp³-hybridized carbons (Fsp3) is 0.368. The fourth-order valence-corrected chi connectivity index (χ4v) is 2.40. The van der Waals surface area contributed by atoms with Crippen LogP contribution in [-0.4, -0.2) is 23.5 Å². The number of nitrogens with zero attached hydrogens (tertiary/aromatic N) is 2. The molecule has 1 heterocycles. The molecule has 0 radical (unpaired) electrons. The lowest BCUT2D eigenvalue weighted by Gasteiger charge is -2.21. The van der Waals surface area contributed by atoms with Crippen molar-refractivity contribution in [1.82, 2.24) is 4.98 Å². The lowest BCUT2D eigenvalue weighted by molar-refractivity contribution is 0.0983. The second-order valence-electron chi connectivity index (χ2n) is 5.77. The van der Waals surface area contributed by atoms with E-state index in [4.69, 9.17) is 0 Å². The molecule has 0 aliphatic carbocycles. The van der Waals surface area contributed by atoms with Crippen LogP contribution in [0, 0.1) is 6.92 Å². The van der Waals surface area contributed by atoms with Crippen molar-refractivity contribution in [2.24, 2.45) is 0 Å². The van der Waals surface area contributed by atoms with Gasteiger partial charge in [0.05, 0.1) is 0 Å². The zero-order valence-electron chi connectivity index (χ0n) is 14.3. The molecule has 4 nitrogen and oxygen atoms in total. The van der Waals surface area contributed by atoms with Crippen molar-refractivity contribution >= 4 is 17.3 Å². The number of hydrogen-bond acceptors (Lipinski definition) is 3. The predicted octanol–water partition coefficient (Wildman–Crippen LogP) is 4.27. The third-order valence-electron chi connectivity index (χ3n) is 3.88. The third-order valence-corrected chi connectivity index (χ3v) is 3.88. The monoisotopic (exact) mass is 311 g/mol. The first kappa shape index (κ1) is 17.0. The maximum absolute atomic E-state index is 12.8. The maximum atomic E-state index is 12.8. The van der Waals surface area contributed by atoms with Gasteiger partial charge in [-0.3, -0.25) is 9.78 Å². The zero-order chi connectivity index (χ0) is 16.8. The number of aryl methyl sites for hydroxylation is 1. The molecule has 1 aromatic heterocycles. The second-order valence-corrected chi connectivity index (χ2v) is 5.77. The molecule has 0 bridgehead atoms. The molecular formula is C19H25N3O. The van der Waals surface area contributed by atoms with Crippen LogP contribution in [0.2, 0.25) is 0 Å². The van der Waals surface area contributed by atoms with Crippen LogP contribution < -0.4 is 10.2 Å². The predicted molar refractivity (Wildman–Crippen MR) is 96.1 cm³/mol. The summed E-state index contributed by atoms with van der Waals surface area (Å²) in [5, 5.41) is 3.38. The lowest BCUT2D eigenvalue weighted by atomic mass is 10.2. The van der Waals surface area contributed by atoms with Crippen LogP contribution in [0.3, 0.4) is 0 Å². The van der Waals surface area contributed by atoms with Crippen molar-refractivity contribution in [1.29, 1.82) is 0 Å². The van der Waals surface area contributed by atoms with Crippen molar-refractivity contribution in [3.8, 4) is 0 Å². The van der Waals surface area contributed by atoms with E-state index in [0.717, 1.165) is 23.4 Å². The van der Waals surface area contributed by atoms with Gasteiger partial charge < -0.3 is 10.2 Å². The standard InChI is InChI=1S/C19H25N3O/c1-5-15(4)21-16-10-11-20-18(13-16)19(23)22(6-2)17-9-7-8-14(3)12-17/h7-13,15H,5-6H2,1-4H3,(H,20,21). The molecule has 0 fully saturated rings. The van der Waals surface area contributed by atoms with Crippen LogP contribution in [0.15, 0.2) is 42.6 Å². The summed E-state index contributed by atoms with van der Waals surface area (Å²) in [4.78, 5) is 18.8. The molecule has 1 amide bonds. The zero-order valence-corrected chi connectivity index (χ0v) is 14.3. The molecule has 2 rings (SSSR count). The molecule has 4 heteroatoms. The van der Waals surface area contributed by atoms with E-state index in [1.54, 1.807) is 11.1 Å². The summed E-state index contributed by atoms with van der Waals surface area (Å²) >= 11 is 0. The molecular weight excluding hydrogens is 286 g/mol. The molecule has 2 aromatic rings. The summed E-state index contributed by atoms with van der Waals surface area (Å²) in [5.41, 5.74) is 3.42. The third kappa shape index (κ3) is 4.31. The molecule has 0 spiro atoms. The highest BCUT2D eigenvalue weighted by Crippen LogP contribution is 2.19. The van der Waals surface area contributed by atoms with E-state index in [0.29, 0.717) is 18.3 Å². The summed E-state index contributed by atoms with van der Waals surface area (Å²) in [6.45, 7) is 8.85. The normalized spacial score (nSPS) is 11.8. The van der Waals surface area contributed by atoms with Gasteiger partial charge in [-0.15, -0.1) is 0 Å². The largest absolute Gasteiger partial charge is 0.382 e. The van der Waals surface area contributed by atoms with Crippen LogP contribution in [0.5, 0.6) is 0 Å². The Kier molecular flexibility index (Phi) is 5.74. The number of anilines is 2. The van der Waals surface area contributed by atoms with E-state index < -0.39 is 0 Å². The van der Waals surface area contributed by atoms with Gasteiger partial charge in [0.1, 0.15) is 5.69 Å². The van der Waals surface area contributed by atoms with Gasteiger partial charge in [0.15, 0.2) is 0 Å². The topological polar surface area (TPSA) is 45.2 Å². The second kappa shape index (κ2) is 7.77. The summed E-state index contributed by atoms with van der Waals surface area (Å²) in [6.07, 6.45) is 2.71. The van der Waals surface area contributed by atoms with Crippen LogP contribution >= 0.6 is 0 Å². The smallest absolute Gasteiger partial charge is 0.276 e. The number of pyridine rings is 1. The number of aromatic nitrogens is 1. The van der Waals surface area contributed by atoms with Crippen molar-refractivity contribution < 1.29 is 4.79 Å². The minimum absolute atomic E-state index is 0.0779. The Bertz CT molecular complexity index is 669. The summed E-state index contributed by atoms with van der Waals surface area (Å²) in [5.74, 6) is -0.0779. The lowest BCUT2D eigenvalue weighted by Crippen LogP contribution is -2.31. The van der Waals surface area contributed by atoms with E-state index >= 15 is 0 Å². The van der Waals surface area contributed by atoms with Crippen LogP contribution in [0.1, 0.15) is 43.2 Å². The van der Waals surface area contributed by atoms with Gasteiger partial charge in [-0.1, -0.05) is 19.1 Å². The van der Waals surface area contributed by atoms with Gasteiger partial charge in [-0.2, -0.15) is 0 Å². The Morgan fingerprint density at radius 1 is 1.26 bits per heavy atom. The van der Waals surface area contributed by atoms with Crippen molar-refractivity contribution in [3.05, 3.63) is 53.9 Å². The van der Waals surface area contributed by atoms with Crippen molar-refractivity contribution in [2.45, 2.75) is 40.2 Å². The molecule has 23 heavy (non-hydrogen) atoms. The SMILES string of the molecule is CCC(C)Nc1ccnc(C(=O)N(CC)c2cccc(C)c2)c1. The summed E-state index contributed by atoms with van der Waals surface area (Å²) in [6, 6.07) is 12.0. The van der Waals surface area contributed by atoms with Gasteiger partial charge in [0, 0.05) is 30.2 Å². The Labute approximate surface area is 138 Å². The summed E-state index contributed by atoms with van der Waals surface area (Å²) < 4.78 is 0. The van der Waals surface area contributed by atoms with Gasteiger partial charge in [-0.05, 0) is 57.0 Å². The minimum atomic E-state index is -0.0779. The average Bonchev–Trinajstić information content (AvgIpc) is 2.55. The van der Waals surface area contributed by atoms with Gasteiger partial charge in [0.2, 0.25) is 0 Å².